The van der Waals surface area contributed by atoms with Crippen molar-refractivity contribution in [2.24, 2.45) is 5.92 Å². The SMILES string of the molecule is Cc1[nH]c(C)c(S(=O)(=O)NCC(C)C)c1-c1nc(C2CC2)no1. The number of aryl methyl sites for hydroxylation is 2. The standard InChI is InChI=1S/C15H22N4O3S/c1-8(2)7-16-23(20,21)13-10(4)17-9(3)12(13)15-18-14(19-22-15)11-5-6-11/h8,11,16-17H,5-7H2,1-4H3. The van der Waals surface area contributed by atoms with Gasteiger partial charge >= 0.3 is 0 Å². The van der Waals surface area contributed by atoms with E-state index in [0.29, 0.717) is 35.2 Å². The number of H-pyrrole nitrogens is 1. The van der Waals surface area contributed by atoms with Gasteiger partial charge in [0.25, 0.3) is 5.89 Å². The Bertz CT molecular complexity index is 816. The highest BCUT2D eigenvalue weighted by molar-refractivity contribution is 7.89. The van der Waals surface area contributed by atoms with Gasteiger partial charge in [-0.15, -0.1) is 0 Å². The second kappa shape index (κ2) is 5.76. The molecule has 7 nitrogen and oxygen atoms in total. The lowest BCUT2D eigenvalue weighted by molar-refractivity contribution is 0.421. The van der Waals surface area contributed by atoms with Gasteiger partial charge in [-0.25, -0.2) is 13.1 Å². The molecule has 8 heteroatoms. The molecule has 0 spiro atoms. The molecule has 1 aliphatic carbocycles. The van der Waals surface area contributed by atoms with E-state index < -0.39 is 10.0 Å². The zero-order valence-electron chi connectivity index (χ0n) is 13.8. The molecule has 1 saturated carbocycles. The van der Waals surface area contributed by atoms with Crippen LogP contribution in [0.3, 0.4) is 0 Å². The molecular weight excluding hydrogens is 316 g/mol. The summed E-state index contributed by atoms with van der Waals surface area (Å²) in [6.07, 6.45) is 2.12. The molecule has 23 heavy (non-hydrogen) atoms. The Morgan fingerprint density at radius 2 is 2.00 bits per heavy atom. The van der Waals surface area contributed by atoms with Crippen LogP contribution in [0, 0.1) is 19.8 Å². The van der Waals surface area contributed by atoms with Gasteiger partial charge in [-0.05, 0) is 32.6 Å². The third-order valence-corrected chi connectivity index (χ3v) is 5.46. The van der Waals surface area contributed by atoms with Crippen molar-refractivity contribution in [1.29, 1.82) is 0 Å². The summed E-state index contributed by atoms with van der Waals surface area (Å²) in [5.74, 6) is 1.50. The zero-order valence-corrected chi connectivity index (χ0v) is 14.6. The Hall–Kier alpha value is -1.67. The number of hydrogen-bond donors (Lipinski definition) is 2. The Kier molecular flexibility index (Phi) is 4.05. The number of nitrogens with one attached hydrogen (secondary N) is 2. The van der Waals surface area contributed by atoms with Crippen molar-refractivity contribution >= 4 is 10.0 Å². The Morgan fingerprint density at radius 1 is 1.30 bits per heavy atom. The molecular formula is C15H22N4O3S. The van der Waals surface area contributed by atoms with E-state index in [-0.39, 0.29) is 16.7 Å². The van der Waals surface area contributed by atoms with Crippen molar-refractivity contribution in [3.05, 3.63) is 17.2 Å². The van der Waals surface area contributed by atoms with Crippen LogP contribution in [0.5, 0.6) is 0 Å². The van der Waals surface area contributed by atoms with E-state index in [1.54, 1.807) is 6.92 Å². The maximum atomic E-state index is 12.7. The fourth-order valence-corrected chi connectivity index (χ4v) is 4.20. The van der Waals surface area contributed by atoms with Crippen LogP contribution in [0.4, 0.5) is 0 Å². The molecule has 1 aliphatic rings. The van der Waals surface area contributed by atoms with Gasteiger partial charge in [-0.2, -0.15) is 4.98 Å². The van der Waals surface area contributed by atoms with Crippen molar-refractivity contribution in [2.75, 3.05) is 6.54 Å². The second-order valence-electron chi connectivity index (χ2n) is 6.56. The van der Waals surface area contributed by atoms with Crippen molar-refractivity contribution < 1.29 is 12.9 Å². The molecule has 2 aromatic rings. The van der Waals surface area contributed by atoms with Crippen molar-refractivity contribution in [3.8, 4) is 11.5 Å². The number of aromatic amines is 1. The molecule has 2 N–H and O–H groups in total. The van der Waals surface area contributed by atoms with Crippen LogP contribution in [0.25, 0.3) is 11.5 Å². The monoisotopic (exact) mass is 338 g/mol. The highest BCUT2D eigenvalue weighted by Gasteiger charge is 2.32. The predicted octanol–water partition coefficient (Wildman–Crippen LogP) is 2.49. The average molecular weight is 338 g/mol. The zero-order chi connectivity index (χ0) is 16.8. The van der Waals surface area contributed by atoms with Crippen LogP contribution in [-0.4, -0.2) is 30.1 Å². The van der Waals surface area contributed by atoms with E-state index >= 15 is 0 Å². The minimum absolute atomic E-state index is 0.196. The first-order valence-electron chi connectivity index (χ1n) is 7.82. The largest absolute Gasteiger partial charge is 0.361 e. The molecule has 2 heterocycles. The molecule has 0 unspecified atom stereocenters. The van der Waals surface area contributed by atoms with E-state index in [1.807, 2.05) is 20.8 Å². The van der Waals surface area contributed by atoms with Crippen LogP contribution in [0.15, 0.2) is 9.42 Å². The van der Waals surface area contributed by atoms with Gasteiger partial charge in [0.1, 0.15) is 4.90 Å². The van der Waals surface area contributed by atoms with Gasteiger partial charge in [0, 0.05) is 23.9 Å². The minimum atomic E-state index is -3.65. The molecule has 2 aromatic heterocycles. The summed E-state index contributed by atoms with van der Waals surface area (Å²) >= 11 is 0. The number of nitrogens with zero attached hydrogens (tertiary/aromatic N) is 2. The number of rotatable bonds is 6. The highest BCUT2D eigenvalue weighted by Crippen LogP contribution is 2.40. The first kappa shape index (κ1) is 16.2. The Balaban J connectivity index is 2.03. The van der Waals surface area contributed by atoms with E-state index in [0.717, 1.165) is 12.8 Å². The third kappa shape index (κ3) is 3.18. The average Bonchev–Trinajstić information content (AvgIpc) is 3.11. The summed E-state index contributed by atoms with van der Waals surface area (Å²) in [5, 5.41) is 3.99. The van der Waals surface area contributed by atoms with Crippen molar-refractivity contribution in [3.63, 3.8) is 0 Å². The number of hydrogen-bond acceptors (Lipinski definition) is 5. The fraction of sp³-hybridized carbons (Fsp3) is 0.600. The first-order valence-corrected chi connectivity index (χ1v) is 9.30. The summed E-state index contributed by atoms with van der Waals surface area (Å²) in [6, 6.07) is 0. The number of sulfonamides is 1. The van der Waals surface area contributed by atoms with Crippen molar-refractivity contribution in [2.45, 2.75) is 51.3 Å². The molecule has 126 valence electrons. The first-order chi connectivity index (χ1) is 10.8. The normalized spacial score (nSPS) is 15.5. The van der Waals surface area contributed by atoms with Gasteiger partial charge in [-0.1, -0.05) is 19.0 Å². The summed E-state index contributed by atoms with van der Waals surface area (Å²) in [5.41, 5.74) is 1.75. The lowest BCUT2D eigenvalue weighted by Gasteiger charge is -2.09. The topological polar surface area (TPSA) is 101 Å². The summed E-state index contributed by atoms with van der Waals surface area (Å²) in [7, 11) is -3.65. The lowest BCUT2D eigenvalue weighted by Crippen LogP contribution is -2.28. The van der Waals surface area contributed by atoms with E-state index in [2.05, 4.69) is 19.8 Å². The van der Waals surface area contributed by atoms with Gasteiger partial charge in [0.05, 0.1) is 5.56 Å². The van der Waals surface area contributed by atoms with Crippen LogP contribution in [-0.2, 0) is 10.0 Å². The summed E-state index contributed by atoms with van der Waals surface area (Å²) < 4.78 is 33.4. The smallest absolute Gasteiger partial charge is 0.261 e. The van der Waals surface area contributed by atoms with Gasteiger partial charge in [0.15, 0.2) is 5.82 Å². The molecule has 0 radical (unpaired) electrons. The molecule has 0 atom stereocenters. The molecule has 0 bridgehead atoms. The molecule has 1 fully saturated rings. The van der Waals surface area contributed by atoms with Gasteiger partial charge in [0.2, 0.25) is 10.0 Å². The highest BCUT2D eigenvalue weighted by atomic mass is 32.2. The van der Waals surface area contributed by atoms with E-state index in [1.165, 1.54) is 0 Å². The summed E-state index contributed by atoms with van der Waals surface area (Å²) in [6.45, 7) is 7.84. The molecule has 0 saturated heterocycles. The quantitative estimate of drug-likeness (QED) is 0.842. The lowest BCUT2D eigenvalue weighted by atomic mass is 10.2. The molecule has 0 amide bonds. The van der Waals surface area contributed by atoms with E-state index in [9.17, 15) is 8.42 Å². The Morgan fingerprint density at radius 3 is 2.61 bits per heavy atom. The maximum Gasteiger partial charge on any atom is 0.261 e. The molecule has 0 aliphatic heterocycles. The third-order valence-electron chi connectivity index (χ3n) is 3.87. The molecule has 3 rings (SSSR count). The fourth-order valence-electron chi connectivity index (χ4n) is 2.54. The number of aromatic nitrogens is 3. The summed E-state index contributed by atoms with van der Waals surface area (Å²) in [4.78, 5) is 7.67. The maximum absolute atomic E-state index is 12.7. The predicted molar refractivity (Wildman–Crippen MR) is 85.6 cm³/mol. The van der Waals surface area contributed by atoms with Crippen LogP contribution in [0.1, 0.15) is 49.8 Å². The van der Waals surface area contributed by atoms with Crippen LogP contribution >= 0.6 is 0 Å². The van der Waals surface area contributed by atoms with Crippen LogP contribution in [0.2, 0.25) is 0 Å². The van der Waals surface area contributed by atoms with Crippen molar-refractivity contribution in [1.82, 2.24) is 19.8 Å². The van der Waals surface area contributed by atoms with Gasteiger partial charge < -0.3 is 9.51 Å². The molecule has 0 aromatic carbocycles. The Labute approximate surface area is 135 Å². The van der Waals surface area contributed by atoms with Gasteiger partial charge in [-0.3, -0.25) is 0 Å². The minimum Gasteiger partial charge on any atom is -0.361 e. The second-order valence-corrected chi connectivity index (χ2v) is 8.26. The van der Waals surface area contributed by atoms with E-state index in [4.69, 9.17) is 4.52 Å². The van der Waals surface area contributed by atoms with Crippen LogP contribution < -0.4 is 4.72 Å².